The first-order valence-corrected chi connectivity index (χ1v) is 11.1. The lowest BCUT2D eigenvalue weighted by atomic mass is 9.98. The normalized spacial score (nSPS) is 15.4. The maximum Gasteiger partial charge on any atom is 0.272 e. The Morgan fingerprint density at radius 1 is 0.912 bits per heavy atom. The number of hydrazone groups is 2. The highest BCUT2D eigenvalue weighted by atomic mass is 16.2. The van der Waals surface area contributed by atoms with Crippen LogP contribution in [0, 0.1) is 0 Å². The van der Waals surface area contributed by atoms with Gasteiger partial charge in [0.25, 0.3) is 5.91 Å². The van der Waals surface area contributed by atoms with Gasteiger partial charge in [0.2, 0.25) is 0 Å². The number of nitrogens with one attached hydrogen (secondary N) is 1. The third-order valence-electron chi connectivity index (χ3n) is 5.66. The number of aromatic nitrogens is 1. The highest BCUT2D eigenvalue weighted by Gasteiger charge is 2.29. The van der Waals surface area contributed by atoms with E-state index in [0.29, 0.717) is 5.56 Å². The molecule has 0 fully saturated rings. The zero-order chi connectivity index (χ0) is 23.2. The number of carbonyl (C=O) groups is 1. The van der Waals surface area contributed by atoms with E-state index in [1.165, 1.54) is 11.8 Å². The summed E-state index contributed by atoms with van der Waals surface area (Å²) in [4.78, 5) is 16.0. The quantitative estimate of drug-likeness (QED) is 0.328. The van der Waals surface area contributed by atoms with Crippen LogP contribution in [0.3, 0.4) is 0 Å². The summed E-state index contributed by atoms with van der Waals surface area (Å²) in [5, 5.41) is 11.1. The third-order valence-corrected chi connectivity index (χ3v) is 5.66. The molecule has 6 nitrogen and oxygen atoms in total. The highest BCUT2D eigenvalue weighted by molar-refractivity contribution is 6.03. The second-order valence-corrected chi connectivity index (χ2v) is 7.92. The molecular formula is C28H23N5O. The van der Waals surface area contributed by atoms with Crippen LogP contribution in [0.25, 0.3) is 0 Å². The van der Waals surface area contributed by atoms with Crippen LogP contribution in [0.1, 0.15) is 39.5 Å². The minimum absolute atomic E-state index is 0.120. The van der Waals surface area contributed by atoms with Gasteiger partial charge in [-0.25, -0.2) is 5.43 Å². The summed E-state index contributed by atoms with van der Waals surface area (Å²) in [5.74, 6) is -0.300. The van der Waals surface area contributed by atoms with Gasteiger partial charge in [-0.15, -0.1) is 0 Å². The van der Waals surface area contributed by atoms with Gasteiger partial charge in [0, 0.05) is 18.8 Å². The number of anilines is 1. The van der Waals surface area contributed by atoms with E-state index >= 15 is 0 Å². The van der Waals surface area contributed by atoms with Gasteiger partial charge in [-0.1, -0.05) is 72.8 Å². The fraction of sp³-hybridized carbons (Fsp3) is 0.0714. The van der Waals surface area contributed by atoms with Gasteiger partial charge in [0.1, 0.15) is 0 Å². The predicted molar refractivity (Wildman–Crippen MR) is 135 cm³/mol. The molecule has 0 aliphatic carbocycles. The lowest BCUT2D eigenvalue weighted by Gasteiger charge is -2.24. The highest BCUT2D eigenvalue weighted by Crippen LogP contribution is 2.36. The third kappa shape index (κ3) is 4.76. The van der Waals surface area contributed by atoms with Gasteiger partial charge in [0.05, 0.1) is 29.2 Å². The van der Waals surface area contributed by atoms with Gasteiger partial charge < -0.3 is 0 Å². The van der Waals surface area contributed by atoms with Crippen molar-refractivity contribution in [1.29, 1.82) is 0 Å². The van der Waals surface area contributed by atoms with Crippen molar-refractivity contribution in [3.8, 4) is 0 Å². The Hall–Kier alpha value is -4.58. The zero-order valence-electron chi connectivity index (χ0n) is 18.5. The molecule has 166 valence electrons. The van der Waals surface area contributed by atoms with Crippen LogP contribution in [0.15, 0.2) is 120 Å². The number of nitrogens with zero attached hydrogens (tertiary/aromatic N) is 4. The van der Waals surface area contributed by atoms with Crippen LogP contribution >= 0.6 is 0 Å². The molecule has 34 heavy (non-hydrogen) atoms. The van der Waals surface area contributed by atoms with Gasteiger partial charge in [-0.3, -0.25) is 14.8 Å². The lowest BCUT2D eigenvalue weighted by molar-refractivity contribution is 0.0955. The predicted octanol–water partition coefficient (Wildman–Crippen LogP) is 5.20. The van der Waals surface area contributed by atoms with Crippen molar-refractivity contribution in [2.45, 2.75) is 12.5 Å². The molecule has 1 unspecified atom stereocenters. The van der Waals surface area contributed by atoms with Gasteiger partial charge in [-0.2, -0.15) is 10.2 Å². The number of rotatable bonds is 6. The average molecular weight is 446 g/mol. The molecule has 1 aliphatic heterocycles. The minimum Gasteiger partial charge on any atom is -0.267 e. The Labute approximate surface area is 198 Å². The maximum absolute atomic E-state index is 12.1. The summed E-state index contributed by atoms with van der Waals surface area (Å²) in [6, 6.07) is 32.3. The van der Waals surface area contributed by atoms with E-state index in [1.807, 2.05) is 48.5 Å². The first kappa shape index (κ1) is 21.3. The monoisotopic (exact) mass is 445 g/mol. The van der Waals surface area contributed by atoms with Gasteiger partial charge in [0.15, 0.2) is 0 Å². The Morgan fingerprint density at radius 2 is 1.65 bits per heavy atom. The fourth-order valence-electron chi connectivity index (χ4n) is 3.93. The number of pyridine rings is 1. The van der Waals surface area contributed by atoms with Crippen molar-refractivity contribution in [2.24, 2.45) is 10.2 Å². The molecule has 0 radical (unpaired) electrons. The molecule has 0 bridgehead atoms. The van der Waals surface area contributed by atoms with Crippen molar-refractivity contribution >= 4 is 23.5 Å². The summed E-state index contributed by atoms with van der Waals surface area (Å²) in [7, 11) is 0. The first-order chi connectivity index (χ1) is 16.8. The minimum atomic E-state index is -0.300. The van der Waals surface area contributed by atoms with E-state index < -0.39 is 0 Å². The summed E-state index contributed by atoms with van der Waals surface area (Å²) in [6.07, 6.45) is 5.58. The topological polar surface area (TPSA) is 70.0 Å². The zero-order valence-corrected chi connectivity index (χ0v) is 18.5. The molecule has 1 amide bonds. The Bertz CT molecular complexity index is 1300. The molecule has 1 aromatic heterocycles. The van der Waals surface area contributed by atoms with Crippen molar-refractivity contribution < 1.29 is 4.79 Å². The van der Waals surface area contributed by atoms with E-state index in [2.05, 4.69) is 56.9 Å². The largest absolute Gasteiger partial charge is 0.272 e. The molecule has 5 rings (SSSR count). The van der Waals surface area contributed by atoms with Crippen molar-refractivity contribution in [3.63, 3.8) is 0 Å². The van der Waals surface area contributed by atoms with Crippen LogP contribution in [0.4, 0.5) is 5.69 Å². The Kier molecular flexibility index (Phi) is 6.21. The molecule has 0 saturated carbocycles. The summed E-state index contributed by atoms with van der Waals surface area (Å²) in [5.41, 5.74) is 8.29. The molecule has 1 atom stereocenters. The standard InChI is InChI=1S/C28H23N5O/c34-28(24-12-7-17-29-20-24)31-30-19-21-13-15-25(16-14-21)33-27(23-10-5-2-6-11-23)18-26(32-33)22-8-3-1-4-9-22/h1-17,19-20,27H,18H2,(H,31,34). The number of carbonyl (C=O) groups excluding carboxylic acids is 1. The number of hydrogen-bond acceptors (Lipinski definition) is 5. The molecule has 0 spiro atoms. The SMILES string of the molecule is O=C(NN=Cc1ccc(N2N=C(c3ccccc3)CC2c2ccccc2)cc1)c1cccnc1. The molecule has 1 aliphatic rings. The van der Waals surface area contributed by atoms with Crippen molar-refractivity contribution in [1.82, 2.24) is 10.4 Å². The van der Waals surface area contributed by atoms with E-state index in [4.69, 9.17) is 5.10 Å². The van der Waals surface area contributed by atoms with Crippen molar-refractivity contribution in [3.05, 3.63) is 132 Å². The van der Waals surface area contributed by atoms with E-state index in [9.17, 15) is 4.79 Å². The molecule has 2 heterocycles. The fourth-order valence-corrected chi connectivity index (χ4v) is 3.93. The van der Waals surface area contributed by atoms with Crippen LogP contribution in [0.5, 0.6) is 0 Å². The first-order valence-electron chi connectivity index (χ1n) is 11.1. The molecule has 0 saturated heterocycles. The molecular weight excluding hydrogens is 422 g/mol. The van der Waals surface area contributed by atoms with Crippen LogP contribution < -0.4 is 10.4 Å². The van der Waals surface area contributed by atoms with E-state index in [-0.39, 0.29) is 11.9 Å². The van der Waals surface area contributed by atoms with Crippen LogP contribution in [0.2, 0.25) is 0 Å². The van der Waals surface area contributed by atoms with Gasteiger partial charge >= 0.3 is 0 Å². The Morgan fingerprint density at radius 3 is 2.35 bits per heavy atom. The summed E-state index contributed by atoms with van der Waals surface area (Å²) >= 11 is 0. The van der Waals surface area contributed by atoms with Gasteiger partial charge in [-0.05, 0) is 41.0 Å². The number of amides is 1. The lowest BCUT2D eigenvalue weighted by Crippen LogP contribution is -2.18. The summed E-state index contributed by atoms with van der Waals surface area (Å²) < 4.78 is 0. The number of hydrogen-bond donors (Lipinski definition) is 1. The average Bonchev–Trinajstić information content (AvgIpc) is 3.36. The van der Waals surface area contributed by atoms with Crippen LogP contribution in [-0.2, 0) is 0 Å². The second-order valence-electron chi connectivity index (χ2n) is 7.92. The molecule has 3 aromatic carbocycles. The molecule has 6 heteroatoms. The summed E-state index contributed by atoms with van der Waals surface area (Å²) in [6.45, 7) is 0. The molecule has 4 aromatic rings. The number of benzene rings is 3. The van der Waals surface area contributed by atoms with E-state index in [1.54, 1.807) is 24.5 Å². The maximum atomic E-state index is 12.1. The van der Waals surface area contributed by atoms with E-state index in [0.717, 1.165) is 28.9 Å². The second kappa shape index (κ2) is 9.92. The Balaban J connectivity index is 1.34. The van der Waals surface area contributed by atoms with Crippen LogP contribution in [-0.4, -0.2) is 22.8 Å². The molecule has 1 N–H and O–H groups in total. The van der Waals surface area contributed by atoms with Crippen molar-refractivity contribution in [2.75, 3.05) is 5.01 Å². The smallest absolute Gasteiger partial charge is 0.267 e.